The third kappa shape index (κ3) is 3.86. The summed E-state index contributed by atoms with van der Waals surface area (Å²) in [7, 11) is 0. The van der Waals surface area contributed by atoms with E-state index in [9.17, 15) is 4.79 Å². The van der Waals surface area contributed by atoms with Crippen LogP contribution in [0.3, 0.4) is 0 Å². The Morgan fingerprint density at radius 3 is 2.79 bits per heavy atom. The molecule has 2 heterocycles. The van der Waals surface area contributed by atoms with Gasteiger partial charge in [0.2, 0.25) is 0 Å². The number of aromatic nitrogens is 2. The second-order valence-corrected chi connectivity index (χ2v) is 7.71. The van der Waals surface area contributed by atoms with Crippen molar-refractivity contribution in [1.82, 2.24) is 15.3 Å². The molecule has 1 aliphatic heterocycles. The van der Waals surface area contributed by atoms with Gasteiger partial charge >= 0.3 is 0 Å². The molecule has 1 atom stereocenters. The van der Waals surface area contributed by atoms with E-state index in [2.05, 4.69) is 21.4 Å². The number of ether oxygens (including phenoxy) is 1. The number of benzene rings is 2. The minimum absolute atomic E-state index is 0.0670. The molecule has 0 bridgehead atoms. The lowest BCUT2D eigenvalue weighted by Crippen LogP contribution is -2.34. The monoisotopic (exact) mass is 387 g/mol. The van der Waals surface area contributed by atoms with E-state index in [0.29, 0.717) is 12.1 Å². The number of nitrogens with one attached hydrogen (secondary N) is 1. The Balaban J connectivity index is 1.50. The van der Waals surface area contributed by atoms with Crippen molar-refractivity contribution in [3.8, 4) is 17.0 Å². The lowest BCUT2D eigenvalue weighted by Gasteiger charge is -2.15. The predicted octanol–water partition coefficient (Wildman–Crippen LogP) is 4.11. The van der Waals surface area contributed by atoms with Crippen LogP contribution >= 0.6 is 0 Å². The molecular formula is C24H25N3O2. The summed E-state index contributed by atoms with van der Waals surface area (Å²) in [5.74, 6) is 0.781. The highest BCUT2D eigenvalue weighted by Gasteiger charge is 2.27. The number of rotatable bonds is 4. The van der Waals surface area contributed by atoms with Crippen LogP contribution in [0.15, 0.2) is 42.6 Å². The molecule has 5 nitrogen and oxygen atoms in total. The third-order valence-corrected chi connectivity index (χ3v) is 5.28. The zero-order chi connectivity index (χ0) is 20.5. The maximum Gasteiger partial charge on any atom is 0.251 e. The SMILES string of the molecule is Cc1ccc(C(=O)NC[C@@H]2Cc3cccc(-c4nc(C)cnc4C)c3O2)c(C)c1. The maximum atomic E-state index is 12.6. The van der Waals surface area contributed by atoms with Gasteiger partial charge in [-0.2, -0.15) is 0 Å². The summed E-state index contributed by atoms with van der Waals surface area (Å²) < 4.78 is 6.24. The first-order valence-electron chi connectivity index (χ1n) is 9.87. The Morgan fingerprint density at radius 1 is 1.17 bits per heavy atom. The van der Waals surface area contributed by atoms with Gasteiger partial charge in [0, 0.05) is 23.7 Å². The standard InChI is InChI=1S/C24H25N3O2/c1-14-8-9-20(15(2)10-14)24(28)26-13-19-11-18-6-5-7-21(23(18)29-19)22-17(4)25-12-16(3)27-22/h5-10,12,19H,11,13H2,1-4H3,(H,26,28)/t19-/m0/s1. The van der Waals surface area contributed by atoms with Crippen LogP contribution in [0.2, 0.25) is 0 Å². The molecule has 5 heteroatoms. The number of carbonyl (C=O) groups excluding carboxylic acids is 1. The molecule has 148 valence electrons. The number of para-hydroxylation sites is 1. The average Bonchev–Trinajstić information content (AvgIpc) is 3.11. The molecule has 0 saturated carbocycles. The van der Waals surface area contributed by atoms with Gasteiger partial charge in [-0.25, -0.2) is 4.98 Å². The highest BCUT2D eigenvalue weighted by molar-refractivity contribution is 5.95. The Labute approximate surface area is 171 Å². The topological polar surface area (TPSA) is 64.1 Å². The summed E-state index contributed by atoms with van der Waals surface area (Å²) in [6, 6.07) is 12.0. The minimum Gasteiger partial charge on any atom is -0.487 e. The first-order chi connectivity index (χ1) is 13.9. The van der Waals surface area contributed by atoms with Crippen molar-refractivity contribution in [3.05, 3.63) is 76.2 Å². The number of fused-ring (bicyclic) bond motifs is 1. The number of aryl methyl sites for hydroxylation is 4. The normalized spacial score (nSPS) is 15.0. The molecule has 3 aromatic rings. The lowest BCUT2D eigenvalue weighted by atomic mass is 10.0. The predicted molar refractivity (Wildman–Crippen MR) is 113 cm³/mol. The molecule has 1 aliphatic rings. The number of nitrogens with zero attached hydrogens (tertiary/aromatic N) is 2. The number of hydrogen-bond acceptors (Lipinski definition) is 4. The second-order valence-electron chi connectivity index (χ2n) is 7.71. The van der Waals surface area contributed by atoms with E-state index in [0.717, 1.165) is 51.5 Å². The van der Waals surface area contributed by atoms with Gasteiger partial charge in [0.15, 0.2) is 0 Å². The summed E-state index contributed by atoms with van der Waals surface area (Å²) in [5.41, 5.74) is 7.52. The molecule has 0 aliphatic carbocycles. The van der Waals surface area contributed by atoms with Crippen LogP contribution < -0.4 is 10.1 Å². The molecule has 0 unspecified atom stereocenters. The Bertz CT molecular complexity index is 1090. The number of hydrogen-bond donors (Lipinski definition) is 1. The van der Waals surface area contributed by atoms with Crippen LogP contribution in [-0.4, -0.2) is 28.5 Å². The van der Waals surface area contributed by atoms with E-state index in [1.54, 1.807) is 6.20 Å². The van der Waals surface area contributed by atoms with Crippen molar-refractivity contribution in [2.75, 3.05) is 6.54 Å². The van der Waals surface area contributed by atoms with Crippen molar-refractivity contribution in [1.29, 1.82) is 0 Å². The van der Waals surface area contributed by atoms with E-state index >= 15 is 0 Å². The lowest BCUT2D eigenvalue weighted by molar-refractivity contribution is 0.0933. The molecule has 2 aromatic carbocycles. The molecule has 4 rings (SSSR count). The summed E-state index contributed by atoms with van der Waals surface area (Å²) in [6.07, 6.45) is 2.43. The summed E-state index contributed by atoms with van der Waals surface area (Å²) in [6.45, 7) is 8.33. The highest BCUT2D eigenvalue weighted by Crippen LogP contribution is 2.38. The molecule has 29 heavy (non-hydrogen) atoms. The molecular weight excluding hydrogens is 362 g/mol. The first kappa shape index (κ1) is 19.1. The molecule has 1 aromatic heterocycles. The average molecular weight is 387 g/mol. The molecule has 0 fully saturated rings. The quantitative estimate of drug-likeness (QED) is 0.732. The summed E-state index contributed by atoms with van der Waals surface area (Å²) in [4.78, 5) is 21.7. The van der Waals surface area contributed by atoms with Crippen molar-refractivity contribution < 1.29 is 9.53 Å². The molecule has 1 N–H and O–H groups in total. The zero-order valence-electron chi connectivity index (χ0n) is 17.2. The second kappa shape index (κ2) is 7.66. The van der Waals surface area contributed by atoms with Crippen LogP contribution in [0.4, 0.5) is 0 Å². The fraction of sp³-hybridized carbons (Fsp3) is 0.292. The van der Waals surface area contributed by atoms with Crippen LogP contribution in [0.1, 0.15) is 38.4 Å². The van der Waals surface area contributed by atoms with E-state index in [4.69, 9.17) is 4.74 Å². The van der Waals surface area contributed by atoms with Gasteiger partial charge in [-0.1, -0.05) is 29.8 Å². The number of amides is 1. The highest BCUT2D eigenvalue weighted by atomic mass is 16.5. The van der Waals surface area contributed by atoms with Gasteiger partial charge in [0.1, 0.15) is 11.9 Å². The largest absolute Gasteiger partial charge is 0.487 e. The molecule has 0 radical (unpaired) electrons. The van der Waals surface area contributed by atoms with Crippen molar-refractivity contribution >= 4 is 5.91 Å². The minimum atomic E-state index is -0.0982. The van der Waals surface area contributed by atoms with E-state index < -0.39 is 0 Å². The zero-order valence-corrected chi connectivity index (χ0v) is 17.2. The number of carbonyl (C=O) groups is 1. The third-order valence-electron chi connectivity index (χ3n) is 5.28. The van der Waals surface area contributed by atoms with E-state index in [-0.39, 0.29) is 12.0 Å². The van der Waals surface area contributed by atoms with Gasteiger partial charge in [-0.3, -0.25) is 9.78 Å². The van der Waals surface area contributed by atoms with E-state index in [1.165, 1.54) is 0 Å². The van der Waals surface area contributed by atoms with Crippen molar-refractivity contribution in [2.45, 2.75) is 40.2 Å². The Kier molecular flexibility index (Phi) is 5.05. The smallest absolute Gasteiger partial charge is 0.251 e. The Morgan fingerprint density at radius 2 is 2.00 bits per heavy atom. The summed E-state index contributed by atoms with van der Waals surface area (Å²) >= 11 is 0. The van der Waals surface area contributed by atoms with Crippen molar-refractivity contribution in [3.63, 3.8) is 0 Å². The van der Waals surface area contributed by atoms with Crippen LogP contribution in [-0.2, 0) is 6.42 Å². The summed E-state index contributed by atoms with van der Waals surface area (Å²) in [5, 5.41) is 3.02. The first-order valence-corrected chi connectivity index (χ1v) is 9.87. The molecule has 0 spiro atoms. The maximum absolute atomic E-state index is 12.6. The molecule has 1 amide bonds. The molecule has 0 saturated heterocycles. The van der Waals surface area contributed by atoms with Gasteiger partial charge < -0.3 is 10.1 Å². The fourth-order valence-corrected chi connectivity index (χ4v) is 3.80. The van der Waals surface area contributed by atoms with Gasteiger partial charge in [-0.05, 0) is 51.0 Å². The van der Waals surface area contributed by atoms with Gasteiger partial charge in [0.25, 0.3) is 5.91 Å². The van der Waals surface area contributed by atoms with Crippen LogP contribution in [0, 0.1) is 27.7 Å². The van der Waals surface area contributed by atoms with Gasteiger partial charge in [-0.15, -0.1) is 0 Å². The van der Waals surface area contributed by atoms with E-state index in [1.807, 2.05) is 58.0 Å². The Hall–Kier alpha value is -3.21. The van der Waals surface area contributed by atoms with Crippen molar-refractivity contribution in [2.24, 2.45) is 0 Å². The van der Waals surface area contributed by atoms with Crippen LogP contribution in [0.25, 0.3) is 11.3 Å². The fourth-order valence-electron chi connectivity index (χ4n) is 3.80. The van der Waals surface area contributed by atoms with Crippen LogP contribution in [0.5, 0.6) is 5.75 Å². The van der Waals surface area contributed by atoms with Gasteiger partial charge in [0.05, 0.1) is 23.6 Å².